The molecule has 0 fully saturated rings. The highest BCUT2D eigenvalue weighted by Crippen LogP contribution is 2.13. The molecule has 0 spiro atoms. The first-order valence-electron chi connectivity index (χ1n) is 5.30. The van der Waals surface area contributed by atoms with Gasteiger partial charge in [-0.3, -0.25) is 0 Å². The van der Waals surface area contributed by atoms with Gasteiger partial charge in [0.2, 0.25) is 10.0 Å². The summed E-state index contributed by atoms with van der Waals surface area (Å²) in [7, 11) is -3.75. The van der Waals surface area contributed by atoms with Gasteiger partial charge >= 0.3 is 5.97 Å². The molecule has 8 heteroatoms. The molecule has 0 saturated carbocycles. The standard InChI is InChI=1S/C11H14ClNO5S/c1-11(16,10(14)15)7-13-19(17,18)6-8-3-2-4-9(12)5-8/h2-5,13,16H,6-7H2,1H3,(H,14,15). The Morgan fingerprint density at radius 3 is 2.63 bits per heavy atom. The van der Waals surface area contributed by atoms with Crippen LogP contribution < -0.4 is 4.72 Å². The van der Waals surface area contributed by atoms with Crippen molar-refractivity contribution >= 4 is 27.6 Å². The predicted molar refractivity (Wildman–Crippen MR) is 70.3 cm³/mol. The molecule has 0 aromatic heterocycles. The van der Waals surface area contributed by atoms with E-state index in [2.05, 4.69) is 0 Å². The van der Waals surface area contributed by atoms with Crippen molar-refractivity contribution in [3.63, 3.8) is 0 Å². The lowest BCUT2D eigenvalue weighted by molar-refractivity contribution is -0.155. The largest absolute Gasteiger partial charge is 0.479 e. The number of aliphatic hydroxyl groups is 1. The smallest absolute Gasteiger partial charge is 0.336 e. The third kappa shape index (κ3) is 5.15. The van der Waals surface area contributed by atoms with Crippen LogP contribution in [0.4, 0.5) is 0 Å². The van der Waals surface area contributed by atoms with Crippen molar-refractivity contribution in [1.29, 1.82) is 0 Å². The van der Waals surface area contributed by atoms with Gasteiger partial charge in [-0.15, -0.1) is 0 Å². The Labute approximate surface area is 116 Å². The number of hydrogen-bond donors (Lipinski definition) is 3. The van der Waals surface area contributed by atoms with Crippen molar-refractivity contribution < 1.29 is 23.4 Å². The van der Waals surface area contributed by atoms with Gasteiger partial charge in [-0.1, -0.05) is 23.7 Å². The minimum absolute atomic E-state index is 0.344. The van der Waals surface area contributed by atoms with Gasteiger partial charge in [-0.05, 0) is 24.6 Å². The zero-order valence-electron chi connectivity index (χ0n) is 10.1. The fourth-order valence-electron chi connectivity index (χ4n) is 1.22. The van der Waals surface area contributed by atoms with Crippen molar-refractivity contribution in [3.05, 3.63) is 34.9 Å². The second-order valence-corrected chi connectivity index (χ2v) is 6.53. The zero-order chi connectivity index (χ0) is 14.7. The van der Waals surface area contributed by atoms with Gasteiger partial charge in [-0.25, -0.2) is 17.9 Å². The minimum atomic E-state index is -3.75. The average molecular weight is 308 g/mol. The number of nitrogens with one attached hydrogen (secondary N) is 1. The molecular formula is C11H14ClNO5S. The SMILES string of the molecule is CC(O)(CNS(=O)(=O)Cc1cccc(Cl)c1)C(=O)O. The molecule has 1 rings (SSSR count). The monoisotopic (exact) mass is 307 g/mol. The van der Waals surface area contributed by atoms with Gasteiger partial charge in [0.05, 0.1) is 5.75 Å². The number of carboxylic acids is 1. The van der Waals surface area contributed by atoms with Crippen molar-refractivity contribution in [2.45, 2.75) is 18.3 Å². The van der Waals surface area contributed by atoms with Crippen molar-refractivity contribution in [3.8, 4) is 0 Å². The van der Waals surface area contributed by atoms with Crippen LogP contribution in [-0.2, 0) is 20.6 Å². The van der Waals surface area contributed by atoms with Crippen molar-refractivity contribution in [1.82, 2.24) is 4.72 Å². The summed E-state index contributed by atoms with van der Waals surface area (Å²) in [6, 6.07) is 6.30. The van der Waals surface area contributed by atoms with Gasteiger partial charge < -0.3 is 10.2 Å². The second kappa shape index (κ2) is 5.87. The highest BCUT2D eigenvalue weighted by Gasteiger charge is 2.31. The fourth-order valence-corrected chi connectivity index (χ4v) is 2.66. The van der Waals surface area contributed by atoms with Crippen LogP contribution in [0.2, 0.25) is 5.02 Å². The molecular weight excluding hydrogens is 294 g/mol. The molecule has 106 valence electrons. The molecule has 1 aromatic carbocycles. The number of aliphatic carboxylic acids is 1. The first-order valence-corrected chi connectivity index (χ1v) is 7.33. The van der Waals surface area contributed by atoms with Crippen molar-refractivity contribution in [2.75, 3.05) is 6.54 Å². The molecule has 1 atom stereocenters. The molecule has 19 heavy (non-hydrogen) atoms. The summed E-state index contributed by atoms with van der Waals surface area (Å²) < 4.78 is 25.5. The lowest BCUT2D eigenvalue weighted by Gasteiger charge is -2.18. The Morgan fingerprint density at radius 2 is 2.11 bits per heavy atom. The molecule has 6 nitrogen and oxygen atoms in total. The quantitative estimate of drug-likeness (QED) is 0.714. The second-order valence-electron chi connectivity index (χ2n) is 4.29. The van der Waals surface area contributed by atoms with E-state index in [9.17, 15) is 18.3 Å². The predicted octanol–water partition coefficient (Wildman–Crippen LogP) is 0.595. The molecule has 0 aliphatic carbocycles. The van der Waals surface area contributed by atoms with E-state index in [4.69, 9.17) is 16.7 Å². The van der Waals surface area contributed by atoms with E-state index in [1.165, 1.54) is 6.07 Å². The number of carboxylic acid groups (broad SMARTS) is 1. The van der Waals surface area contributed by atoms with Crippen LogP contribution in [-0.4, -0.2) is 36.7 Å². The minimum Gasteiger partial charge on any atom is -0.479 e. The number of sulfonamides is 1. The van der Waals surface area contributed by atoms with Crippen LogP contribution >= 0.6 is 11.6 Å². The van der Waals surface area contributed by atoms with Crippen LogP contribution in [0.1, 0.15) is 12.5 Å². The summed E-state index contributed by atoms with van der Waals surface area (Å²) in [6.45, 7) is 0.405. The van der Waals surface area contributed by atoms with Crippen LogP contribution in [0.25, 0.3) is 0 Å². The summed E-state index contributed by atoms with van der Waals surface area (Å²) >= 11 is 5.73. The van der Waals surface area contributed by atoms with Crippen molar-refractivity contribution in [2.24, 2.45) is 0 Å². The number of hydrogen-bond acceptors (Lipinski definition) is 4. The molecule has 0 amide bonds. The van der Waals surface area contributed by atoms with E-state index in [0.717, 1.165) is 6.92 Å². The van der Waals surface area contributed by atoms with Gasteiger partial charge in [-0.2, -0.15) is 0 Å². The molecule has 3 N–H and O–H groups in total. The molecule has 0 bridgehead atoms. The van der Waals surface area contributed by atoms with Crippen LogP contribution in [0, 0.1) is 0 Å². The topological polar surface area (TPSA) is 104 Å². The highest BCUT2D eigenvalue weighted by molar-refractivity contribution is 7.88. The van der Waals surface area contributed by atoms with Gasteiger partial charge in [0, 0.05) is 11.6 Å². The summed E-state index contributed by atoms with van der Waals surface area (Å²) in [5.74, 6) is -1.85. The van der Waals surface area contributed by atoms with Crippen LogP contribution in [0.3, 0.4) is 0 Å². The van der Waals surface area contributed by atoms with Gasteiger partial charge in [0.15, 0.2) is 5.60 Å². The number of rotatable bonds is 6. The third-order valence-corrected chi connectivity index (χ3v) is 3.88. The average Bonchev–Trinajstić information content (AvgIpc) is 2.26. The number of halogens is 1. The fraction of sp³-hybridized carbons (Fsp3) is 0.364. The maximum atomic E-state index is 11.7. The van der Waals surface area contributed by atoms with E-state index in [1.807, 2.05) is 4.72 Å². The highest BCUT2D eigenvalue weighted by atomic mass is 35.5. The Kier molecular flexibility index (Phi) is 4.92. The molecule has 0 saturated heterocycles. The van der Waals surface area contributed by atoms with E-state index >= 15 is 0 Å². The Bertz CT molecular complexity index is 570. The lowest BCUT2D eigenvalue weighted by atomic mass is 10.1. The summed E-state index contributed by atoms with van der Waals surface area (Å²) in [6.07, 6.45) is 0. The van der Waals surface area contributed by atoms with E-state index in [1.54, 1.807) is 18.2 Å². The summed E-state index contributed by atoms with van der Waals surface area (Å²) in [4.78, 5) is 10.6. The third-order valence-electron chi connectivity index (χ3n) is 2.34. The van der Waals surface area contributed by atoms with Gasteiger partial charge in [0.25, 0.3) is 0 Å². The number of benzene rings is 1. The molecule has 1 unspecified atom stereocenters. The maximum absolute atomic E-state index is 11.7. The Hall–Kier alpha value is -1.15. The zero-order valence-corrected chi connectivity index (χ0v) is 11.7. The van der Waals surface area contributed by atoms with E-state index in [0.29, 0.717) is 10.6 Å². The maximum Gasteiger partial charge on any atom is 0.336 e. The molecule has 0 aliphatic rings. The normalized spacial score (nSPS) is 14.9. The lowest BCUT2D eigenvalue weighted by Crippen LogP contribution is -2.46. The van der Waals surface area contributed by atoms with E-state index < -0.39 is 28.1 Å². The van der Waals surface area contributed by atoms with Crippen LogP contribution in [0.15, 0.2) is 24.3 Å². The summed E-state index contributed by atoms with van der Waals surface area (Å²) in [5.41, 5.74) is -1.68. The Morgan fingerprint density at radius 1 is 1.47 bits per heavy atom. The molecule has 0 aliphatic heterocycles. The molecule has 1 aromatic rings. The Balaban J connectivity index is 2.70. The first-order chi connectivity index (χ1) is 8.62. The molecule has 0 heterocycles. The summed E-state index contributed by atoms with van der Waals surface area (Å²) in [5, 5.41) is 18.5. The molecule has 0 radical (unpaired) electrons. The van der Waals surface area contributed by atoms with E-state index in [-0.39, 0.29) is 5.75 Å². The van der Waals surface area contributed by atoms with Gasteiger partial charge in [0.1, 0.15) is 0 Å². The first kappa shape index (κ1) is 15.9. The number of carbonyl (C=O) groups is 1. The van der Waals surface area contributed by atoms with Crippen LogP contribution in [0.5, 0.6) is 0 Å².